The highest BCUT2D eigenvalue weighted by molar-refractivity contribution is 6.06. The van der Waals surface area contributed by atoms with E-state index in [-0.39, 0.29) is 31.8 Å². The highest BCUT2D eigenvalue weighted by atomic mass is 16.4. The number of carboxylic acid groups (broad SMARTS) is 1. The molecular formula is C17H19NO5. The Hall–Kier alpha value is -2.34. The molecule has 1 aromatic carbocycles. The molecule has 0 radical (unpaired) electrons. The molecule has 23 heavy (non-hydrogen) atoms. The second-order valence-corrected chi connectivity index (χ2v) is 5.96. The summed E-state index contributed by atoms with van der Waals surface area (Å²) in [5.41, 5.74) is 0.525. The van der Waals surface area contributed by atoms with E-state index < -0.39 is 11.6 Å². The maximum atomic E-state index is 12.7. The first-order valence-corrected chi connectivity index (χ1v) is 7.70. The van der Waals surface area contributed by atoms with Crippen LogP contribution in [0.2, 0.25) is 0 Å². The number of benzene rings is 1. The topological polar surface area (TPSA) is 91.0 Å². The van der Waals surface area contributed by atoms with Crippen LogP contribution >= 0.6 is 0 Å². The zero-order valence-corrected chi connectivity index (χ0v) is 12.9. The third kappa shape index (κ3) is 2.70. The Labute approximate surface area is 133 Å². The normalized spacial score (nSPS) is 17.4. The quantitative estimate of drug-likeness (QED) is 0.904. The lowest BCUT2D eigenvalue weighted by Gasteiger charge is -2.35. The number of piperidine rings is 1. The number of carboxylic acids is 1. The van der Waals surface area contributed by atoms with Crippen LogP contribution in [0, 0.1) is 0 Å². The van der Waals surface area contributed by atoms with Crippen molar-refractivity contribution >= 4 is 22.8 Å². The fraction of sp³-hybridized carbons (Fsp3) is 0.412. The molecule has 2 heterocycles. The number of hydrogen-bond acceptors (Lipinski definition) is 4. The molecule has 1 amide bonds. The van der Waals surface area contributed by atoms with Crippen molar-refractivity contribution in [3.63, 3.8) is 0 Å². The third-order valence-electron chi connectivity index (χ3n) is 4.55. The molecule has 0 atom stereocenters. The van der Waals surface area contributed by atoms with Gasteiger partial charge in [-0.2, -0.15) is 0 Å². The number of aliphatic carboxylic acids is 1. The molecule has 1 fully saturated rings. The lowest BCUT2D eigenvalue weighted by atomic mass is 9.91. The van der Waals surface area contributed by atoms with Gasteiger partial charge < -0.3 is 19.5 Å². The minimum absolute atomic E-state index is 0.0318. The number of carbonyl (C=O) groups is 2. The second kappa shape index (κ2) is 5.70. The van der Waals surface area contributed by atoms with E-state index in [4.69, 9.17) is 9.52 Å². The van der Waals surface area contributed by atoms with Crippen molar-refractivity contribution < 1.29 is 24.2 Å². The fourth-order valence-corrected chi connectivity index (χ4v) is 2.93. The van der Waals surface area contributed by atoms with Crippen molar-refractivity contribution in [2.75, 3.05) is 13.1 Å². The van der Waals surface area contributed by atoms with Crippen LogP contribution in [0.4, 0.5) is 0 Å². The van der Waals surface area contributed by atoms with E-state index in [1.54, 1.807) is 4.90 Å². The molecule has 0 unspecified atom stereocenters. The van der Waals surface area contributed by atoms with Gasteiger partial charge in [0, 0.05) is 31.3 Å². The predicted molar refractivity (Wildman–Crippen MR) is 83.3 cm³/mol. The largest absolute Gasteiger partial charge is 0.479 e. The molecule has 1 aromatic heterocycles. The number of amides is 1. The van der Waals surface area contributed by atoms with Gasteiger partial charge in [0.25, 0.3) is 5.91 Å². The Morgan fingerprint density at radius 2 is 2.00 bits per heavy atom. The zero-order chi connectivity index (χ0) is 16.6. The number of furan rings is 1. The molecule has 0 aliphatic carbocycles. The third-order valence-corrected chi connectivity index (χ3v) is 4.55. The summed E-state index contributed by atoms with van der Waals surface area (Å²) in [4.78, 5) is 25.3. The van der Waals surface area contributed by atoms with Crippen LogP contribution in [0.1, 0.15) is 35.7 Å². The van der Waals surface area contributed by atoms with Crippen molar-refractivity contribution in [3.8, 4) is 0 Å². The van der Waals surface area contributed by atoms with Gasteiger partial charge in [0.1, 0.15) is 11.8 Å². The Bertz CT molecular complexity index is 755. The average molecular weight is 317 g/mol. The highest BCUT2D eigenvalue weighted by Crippen LogP contribution is 2.27. The van der Waals surface area contributed by atoms with Crippen molar-refractivity contribution in [1.29, 1.82) is 0 Å². The van der Waals surface area contributed by atoms with Crippen molar-refractivity contribution in [2.24, 2.45) is 0 Å². The number of rotatable bonds is 3. The minimum Gasteiger partial charge on any atom is -0.479 e. The fourth-order valence-electron chi connectivity index (χ4n) is 2.93. The van der Waals surface area contributed by atoms with E-state index in [2.05, 4.69) is 0 Å². The van der Waals surface area contributed by atoms with Gasteiger partial charge in [0.2, 0.25) is 0 Å². The SMILES string of the molecule is CCc1ccc2occ(C(=O)N3CCC(O)(C(=O)O)CC3)c2c1. The van der Waals surface area contributed by atoms with E-state index in [0.29, 0.717) is 11.1 Å². The number of nitrogens with zero attached hydrogens (tertiary/aromatic N) is 1. The summed E-state index contributed by atoms with van der Waals surface area (Å²) in [7, 11) is 0. The van der Waals surface area contributed by atoms with Gasteiger partial charge in [0.05, 0.1) is 5.56 Å². The Kier molecular flexibility index (Phi) is 3.85. The first-order valence-electron chi connectivity index (χ1n) is 7.70. The molecule has 122 valence electrons. The summed E-state index contributed by atoms with van der Waals surface area (Å²) in [5.74, 6) is -1.42. The molecule has 1 saturated heterocycles. The van der Waals surface area contributed by atoms with Crippen molar-refractivity contribution in [1.82, 2.24) is 4.90 Å². The summed E-state index contributed by atoms with van der Waals surface area (Å²) < 4.78 is 5.45. The van der Waals surface area contributed by atoms with Crippen LogP contribution in [0.25, 0.3) is 11.0 Å². The van der Waals surface area contributed by atoms with Gasteiger partial charge in [-0.3, -0.25) is 4.79 Å². The van der Waals surface area contributed by atoms with Crippen molar-refractivity contribution in [2.45, 2.75) is 31.8 Å². The highest BCUT2D eigenvalue weighted by Gasteiger charge is 2.40. The summed E-state index contributed by atoms with van der Waals surface area (Å²) >= 11 is 0. The van der Waals surface area contributed by atoms with E-state index in [9.17, 15) is 14.7 Å². The van der Waals surface area contributed by atoms with Gasteiger partial charge in [0.15, 0.2) is 5.60 Å². The molecule has 1 aliphatic rings. The number of aryl methyl sites for hydroxylation is 1. The average Bonchev–Trinajstić information content (AvgIpc) is 2.97. The van der Waals surface area contributed by atoms with Crippen LogP contribution in [0.5, 0.6) is 0 Å². The standard InChI is InChI=1S/C17H19NO5/c1-2-11-3-4-14-12(9-11)13(10-23-14)15(19)18-7-5-17(22,6-8-18)16(20)21/h3-4,9-10,22H,2,5-8H2,1H3,(H,20,21). The molecule has 0 bridgehead atoms. The van der Waals surface area contributed by atoms with Gasteiger partial charge in [-0.1, -0.05) is 13.0 Å². The number of aliphatic hydroxyl groups is 1. The Morgan fingerprint density at radius 1 is 1.30 bits per heavy atom. The van der Waals surface area contributed by atoms with Crippen LogP contribution in [-0.2, 0) is 11.2 Å². The Morgan fingerprint density at radius 3 is 2.61 bits per heavy atom. The van der Waals surface area contributed by atoms with Gasteiger partial charge in [-0.15, -0.1) is 0 Å². The lowest BCUT2D eigenvalue weighted by Crippen LogP contribution is -2.50. The smallest absolute Gasteiger partial charge is 0.335 e. The number of hydrogen-bond donors (Lipinski definition) is 2. The molecule has 0 saturated carbocycles. The number of likely N-dealkylation sites (tertiary alicyclic amines) is 1. The molecule has 2 aromatic rings. The lowest BCUT2D eigenvalue weighted by molar-refractivity contribution is -0.162. The monoisotopic (exact) mass is 317 g/mol. The molecule has 2 N–H and O–H groups in total. The minimum atomic E-state index is -1.73. The zero-order valence-electron chi connectivity index (χ0n) is 12.9. The van der Waals surface area contributed by atoms with E-state index in [1.165, 1.54) is 6.26 Å². The molecular weight excluding hydrogens is 298 g/mol. The summed E-state index contributed by atoms with van der Waals surface area (Å²) in [6.07, 6.45) is 2.38. The summed E-state index contributed by atoms with van der Waals surface area (Å²) in [6, 6.07) is 5.77. The van der Waals surface area contributed by atoms with Crippen LogP contribution < -0.4 is 0 Å². The van der Waals surface area contributed by atoms with Crippen molar-refractivity contribution in [3.05, 3.63) is 35.6 Å². The molecule has 3 rings (SSSR count). The predicted octanol–water partition coefficient (Wildman–Crippen LogP) is 2.05. The number of fused-ring (bicyclic) bond motifs is 1. The maximum absolute atomic E-state index is 12.7. The Balaban J connectivity index is 1.83. The van der Waals surface area contributed by atoms with E-state index in [0.717, 1.165) is 17.4 Å². The van der Waals surface area contributed by atoms with Crippen LogP contribution in [0.15, 0.2) is 28.9 Å². The second-order valence-electron chi connectivity index (χ2n) is 5.96. The molecule has 6 heteroatoms. The van der Waals surface area contributed by atoms with Gasteiger partial charge in [-0.05, 0) is 24.1 Å². The maximum Gasteiger partial charge on any atom is 0.335 e. The van der Waals surface area contributed by atoms with Gasteiger partial charge >= 0.3 is 5.97 Å². The molecule has 1 aliphatic heterocycles. The number of carbonyl (C=O) groups excluding carboxylic acids is 1. The van der Waals surface area contributed by atoms with Crippen LogP contribution in [0.3, 0.4) is 0 Å². The van der Waals surface area contributed by atoms with E-state index >= 15 is 0 Å². The van der Waals surface area contributed by atoms with Gasteiger partial charge in [-0.25, -0.2) is 4.79 Å². The summed E-state index contributed by atoms with van der Waals surface area (Å²) in [5, 5.41) is 19.8. The summed E-state index contributed by atoms with van der Waals surface area (Å²) in [6.45, 7) is 2.46. The van der Waals surface area contributed by atoms with E-state index in [1.807, 2.05) is 25.1 Å². The first-order chi connectivity index (χ1) is 10.9. The van der Waals surface area contributed by atoms with Crippen LogP contribution in [-0.4, -0.2) is 45.7 Å². The molecule has 0 spiro atoms. The molecule has 6 nitrogen and oxygen atoms in total. The first kappa shape index (κ1) is 15.6.